The third-order valence-electron chi connectivity index (χ3n) is 8.51. The Balaban J connectivity index is 1.75. The Bertz CT molecular complexity index is 1100. The molecule has 5 heteroatoms. The van der Waals surface area contributed by atoms with Crippen molar-refractivity contribution in [3.63, 3.8) is 0 Å². The monoisotopic (exact) mass is 503 g/mol. The standard InChI is InChI=1S/C32H45N3O2/c1-23(2)33-18-11-19-35(31(36)27-14-7-6-8-15-27)30-25(4)13-9-16-28(30)22-34(21-20-33)32(37)29-17-10-12-24(3)26(29)5/h9-10,12-13,16-17,23,27H,6-8,11,14-15,18-22H2,1-5H3. The molecule has 200 valence electrons. The van der Waals surface area contributed by atoms with Gasteiger partial charge in [-0.1, -0.05) is 49.6 Å². The van der Waals surface area contributed by atoms with Crippen LogP contribution in [0.25, 0.3) is 0 Å². The summed E-state index contributed by atoms with van der Waals surface area (Å²) in [4.78, 5) is 34.5. The Morgan fingerprint density at radius 2 is 1.51 bits per heavy atom. The quantitative estimate of drug-likeness (QED) is 0.495. The van der Waals surface area contributed by atoms with Crippen LogP contribution in [-0.4, -0.2) is 53.8 Å². The molecule has 5 nitrogen and oxygen atoms in total. The van der Waals surface area contributed by atoms with Crippen molar-refractivity contribution in [3.8, 4) is 0 Å². The van der Waals surface area contributed by atoms with E-state index in [1.165, 1.54) is 6.42 Å². The highest BCUT2D eigenvalue weighted by Crippen LogP contribution is 2.33. The number of hydrogen-bond donors (Lipinski definition) is 0. The van der Waals surface area contributed by atoms with Crippen molar-refractivity contribution in [2.45, 2.75) is 85.7 Å². The highest BCUT2D eigenvalue weighted by Gasteiger charge is 2.30. The SMILES string of the molecule is Cc1cccc(C(=O)N2CCN(C(C)C)CCCN(C(=O)C3CCCCC3)c3c(C)cccc3C2)c1C. The number of carbonyl (C=O) groups is 2. The van der Waals surface area contributed by atoms with Crippen molar-refractivity contribution in [3.05, 3.63) is 64.2 Å². The minimum absolute atomic E-state index is 0.0711. The molecular formula is C32H45N3O2. The molecule has 2 amide bonds. The van der Waals surface area contributed by atoms with E-state index in [0.29, 0.717) is 19.1 Å². The molecule has 0 radical (unpaired) electrons. The summed E-state index contributed by atoms with van der Waals surface area (Å²) in [6, 6.07) is 12.7. The zero-order valence-corrected chi connectivity index (χ0v) is 23.6. The number of anilines is 1. The smallest absolute Gasteiger partial charge is 0.254 e. The number of nitrogens with zero attached hydrogens (tertiary/aromatic N) is 3. The minimum Gasteiger partial charge on any atom is -0.333 e. The summed E-state index contributed by atoms with van der Waals surface area (Å²) in [6.07, 6.45) is 6.43. The van der Waals surface area contributed by atoms with Crippen LogP contribution < -0.4 is 4.90 Å². The fraction of sp³-hybridized carbons (Fsp3) is 0.562. The molecule has 2 aliphatic rings. The van der Waals surface area contributed by atoms with Crippen LogP contribution in [0.4, 0.5) is 5.69 Å². The lowest BCUT2D eigenvalue weighted by Gasteiger charge is -2.33. The van der Waals surface area contributed by atoms with Gasteiger partial charge in [-0.25, -0.2) is 0 Å². The van der Waals surface area contributed by atoms with Crippen molar-refractivity contribution < 1.29 is 9.59 Å². The van der Waals surface area contributed by atoms with Crippen LogP contribution in [0.3, 0.4) is 0 Å². The summed E-state index contributed by atoms with van der Waals surface area (Å²) in [5, 5.41) is 0. The van der Waals surface area contributed by atoms with E-state index in [0.717, 1.165) is 85.2 Å². The lowest BCUT2D eigenvalue weighted by atomic mass is 9.87. The topological polar surface area (TPSA) is 43.9 Å². The van der Waals surface area contributed by atoms with Gasteiger partial charge in [-0.3, -0.25) is 14.5 Å². The molecule has 0 atom stereocenters. The summed E-state index contributed by atoms with van der Waals surface area (Å²) in [7, 11) is 0. The highest BCUT2D eigenvalue weighted by molar-refractivity contribution is 5.98. The van der Waals surface area contributed by atoms with Gasteiger partial charge in [-0.05, 0) is 82.2 Å². The maximum absolute atomic E-state index is 14.0. The van der Waals surface area contributed by atoms with Crippen LogP contribution in [0.2, 0.25) is 0 Å². The Morgan fingerprint density at radius 3 is 2.24 bits per heavy atom. The fourth-order valence-electron chi connectivity index (χ4n) is 6.06. The molecule has 0 spiro atoms. The first-order chi connectivity index (χ1) is 17.8. The molecule has 2 aromatic rings. The van der Waals surface area contributed by atoms with Crippen molar-refractivity contribution >= 4 is 17.5 Å². The summed E-state index contributed by atoms with van der Waals surface area (Å²) in [5.74, 6) is 0.458. The second-order valence-corrected chi connectivity index (χ2v) is 11.4. The van der Waals surface area contributed by atoms with Crippen LogP contribution in [-0.2, 0) is 11.3 Å². The second-order valence-electron chi connectivity index (χ2n) is 11.4. The van der Waals surface area contributed by atoms with E-state index in [9.17, 15) is 9.59 Å². The lowest BCUT2D eigenvalue weighted by molar-refractivity contribution is -0.123. The van der Waals surface area contributed by atoms with Gasteiger partial charge in [0.1, 0.15) is 0 Å². The van der Waals surface area contributed by atoms with E-state index < -0.39 is 0 Å². The van der Waals surface area contributed by atoms with E-state index >= 15 is 0 Å². The van der Waals surface area contributed by atoms with Gasteiger partial charge in [0.15, 0.2) is 0 Å². The normalized spacial score (nSPS) is 18.4. The molecule has 1 aliphatic carbocycles. The van der Waals surface area contributed by atoms with Gasteiger partial charge < -0.3 is 9.80 Å². The van der Waals surface area contributed by atoms with E-state index in [4.69, 9.17) is 0 Å². The van der Waals surface area contributed by atoms with Gasteiger partial charge in [0, 0.05) is 50.2 Å². The van der Waals surface area contributed by atoms with E-state index in [2.05, 4.69) is 61.8 Å². The molecule has 2 aromatic carbocycles. The molecule has 0 N–H and O–H groups in total. The Kier molecular flexibility index (Phi) is 9.07. The van der Waals surface area contributed by atoms with Crippen molar-refractivity contribution in [1.82, 2.24) is 9.80 Å². The van der Waals surface area contributed by atoms with Crippen LogP contribution in [0.15, 0.2) is 36.4 Å². The fourth-order valence-corrected chi connectivity index (χ4v) is 6.06. The Morgan fingerprint density at radius 1 is 0.811 bits per heavy atom. The number of carbonyl (C=O) groups excluding carboxylic acids is 2. The first-order valence-corrected chi connectivity index (χ1v) is 14.3. The minimum atomic E-state index is 0.0711. The average Bonchev–Trinajstić information content (AvgIpc) is 2.93. The zero-order valence-electron chi connectivity index (χ0n) is 23.6. The summed E-state index contributed by atoms with van der Waals surface area (Å²) in [5.41, 5.74) is 6.15. The predicted molar refractivity (Wildman–Crippen MR) is 152 cm³/mol. The van der Waals surface area contributed by atoms with Crippen molar-refractivity contribution in [2.24, 2.45) is 5.92 Å². The number of benzene rings is 2. The molecule has 0 unspecified atom stereocenters. The molecule has 1 aliphatic heterocycles. The molecule has 0 aromatic heterocycles. The Hall–Kier alpha value is -2.66. The summed E-state index contributed by atoms with van der Waals surface area (Å²) >= 11 is 0. The van der Waals surface area contributed by atoms with Gasteiger partial charge in [0.05, 0.1) is 5.69 Å². The Labute approximate surface area is 223 Å². The summed E-state index contributed by atoms with van der Waals surface area (Å²) in [6.45, 7) is 14.3. The molecule has 1 heterocycles. The third kappa shape index (κ3) is 6.26. The molecule has 1 fully saturated rings. The maximum atomic E-state index is 14.0. The van der Waals surface area contributed by atoms with E-state index in [1.54, 1.807) is 0 Å². The zero-order chi connectivity index (χ0) is 26.5. The van der Waals surface area contributed by atoms with Crippen LogP contribution in [0.1, 0.15) is 85.0 Å². The third-order valence-corrected chi connectivity index (χ3v) is 8.51. The second kappa shape index (κ2) is 12.3. The van der Waals surface area contributed by atoms with Gasteiger partial charge in [-0.2, -0.15) is 0 Å². The van der Waals surface area contributed by atoms with Gasteiger partial charge in [-0.15, -0.1) is 0 Å². The number of para-hydroxylation sites is 1. The average molecular weight is 504 g/mol. The first-order valence-electron chi connectivity index (χ1n) is 14.3. The number of rotatable bonds is 3. The molecule has 0 saturated heterocycles. The predicted octanol–water partition coefficient (Wildman–Crippen LogP) is 6.28. The number of hydrogen-bond acceptors (Lipinski definition) is 3. The van der Waals surface area contributed by atoms with Crippen LogP contribution in [0, 0.1) is 26.7 Å². The molecule has 4 rings (SSSR count). The first kappa shape index (κ1) is 27.4. The van der Waals surface area contributed by atoms with Gasteiger partial charge in [0.2, 0.25) is 5.91 Å². The number of amides is 2. The highest BCUT2D eigenvalue weighted by atomic mass is 16.2. The maximum Gasteiger partial charge on any atom is 0.254 e. The lowest BCUT2D eigenvalue weighted by Crippen LogP contribution is -2.42. The van der Waals surface area contributed by atoms with E-state index in [-0.39, 0.29) is 17.7 Å². The van der Waals surface area contributed by atoms with Gasteiger partial charge in [0.25, 0.3) is 5.91 Å². The number of aryl methyl sites for hydroxylation is 2. The van der Waals surface area contributed by atoms with E-state index in [1.807, 2.05) is 24.0 Å². The molecule has 37 heavy (non-hydrogen) atoms. The number of fused-ring (bicyclic) bond motifs is 1. The van der Waals surface area contributed by atoms with Gasteiger partial charge >= 0.3 is 0 Å². The van der Waals surface area contributed by atoms with Crippen LogP contribution in [0.5, 0.6) is 0 Å². The molecular weight excluding hydrogens is 458 g/mol. The summed E-state index contributed by atoms with van der Waals surface area (Å²) < 4.78 is 0. The molecule has 0 bridgehead atoms. The van der Waals surface area contributed by atoms with Crippen molar-refractivity contribution in [2.75, 3.05) is 31.1 Å². The van der Waals surface area contributed by atoms with Crippen molar-refractivity contribution in [1.29, 1.82) is 0 Å². The van der Waals surface area contributed by atoms with Crippen LogP contribution >= 0.6 is 0 Å². The molecule has 1 saturated carbocycles. The largest absolute Gasteiger partial charge is 0.333 e.